The second kappa shape index (κ2) is 6.10. The first kappa shape index (κ1) is 17.1. The number of ketones is 1. The molecule has 0 radical (unpaired) electrons. The highest BCUT2D eigenvalue weighted by atomic mass is 16.6. The van der Waals surface area contributed by atoms with Gasteiger partial charge in [-0.25, -0.2) is 0 Å². The van der Waals surface area contributed by atoms with Crippen LogP contribution in [0.15, 0.2) is 18.3 Å². The minimum absolute atomic E-state index is 0.0389. The first-order chi connectivity index (χ1) is 10.6. The Morgan fingerprint density at radius 1 is 1.35 bits per heavy atom. The zero-order chi connectivity index (χ0) is 17.3. The molecule has 0 saturated carbocycles. The SMILES string of the molecule is Cc1ccc(C2(CCC(=O)OC(C)(C)C)NC(=O)CC2=O)cn1. The molecule has 1 fully saturated rings. The molecule has 1 aromatic rings. The number of carbonyl (C=O) groups is 3. The summed E-state index contributed by atoms with van der Waals surface area (Å²) < 4.78 is 5.28. The number of nitrogens with one attached hydrogen (secondary N) is 1. The maximum Gasteiger partial charge on any atom is 0.306 e. The number of aromatic nitrogens is 1. The van der Waals surface area contributed by atoms with Gasteiger partial charge in [0.25, 0.3) is 0 Å². The van der Waals surface area contributed by atoms with Crippen molar-refractivity contribution in [2.75, 3.05) is 0 Å². The Hall–Kier alpha value is -2.24. The summed E-state index contributed by atoms with van der Waals surface area (Å²) in [4.78, 5) is 40.3. The number of pyridine rings is 1. The molecule has 0 aliphatic carbocycles. The quantitative estimate of drug-likeness (QED) is 0.676. The van der Waals surface area contributed by atoms with Gasteiger partial charge in [-0.3, -0.25) is 19.4 Å². The second-order valence-electron chi connectivity index (χ2n) is 6.83. The molecule has 2 rings (SSSR count). The number of nitrogens with zero attached hydrogens (tertiary/aromatic N) is 1. The van der Waals surface area contributed by atoms with Crippen LogP contribution < -0.4 is 5.32 Å². The van der Waals surface area contributed by atoms with E-state index in [0.29, 0.717) is 5.56 Å². The Balaban J connectivity index is 2.22. The highest BCUT2D eigenvalue weighted by molar-refractivity contribution is 6.10. The summed E-state index contributed by atoms with van der Waals surface area (Å²) >= 11 is 0. The topological polar surface area (TPSA) is 85.4 Å². The lowest BCUT2D eigenvalue weighted by atomic mass is 9.84. The van der Waals surface area contributed by atoms with Gasteiger partial charge in [-0.1, -0.05) is 6.07 Å². The number of carbonyl (C=O) groups excluding carboxylic acids is 3. The van der Waals surface area contributed by atoms with E-state index in [0.717, 1.165) is 5.69 Å². The Kier molecular flexibility index (Phi) is 4.54. The summed E-state index contributed by atoms with van der Waals surface area (Å²) in [6.45, 7) is 7.19. The fourth-order valence-electron chi connectivity index (χ4n) is 2.63. The highest BCUT2D eigenvalue weighted by Gasteiger charge is 2.47. The third-order valence-electron chi connectivity index (χ3n) is 3.68. The average Bonchev–Trinajstić information content (AvgIpc) is 2.71. The standard InChI is InChI=1S/C17H22N2O4/c1-11-5-6-12(10-18-11)17(13(20)9-14(21)19-17)8-7-15(22)23-16(2,3)4/h5-6,10H,7-9H2,1-4H3,(H,19,21). The second-order valence-corrected chi connectivity index (χ2v) is 6.83. The van der Waals surface area contributed by atoms with Crippen molar-refractivity contribution in [3.05, 3.63) is 29.6 Å². The summed E-state index contributed by atoms with van der Waals surface area (Å²) in [5.41, 5.74) is -0.358. The molecule has 6 heteroatoms. The van der Waals surface area contributed by atoms with Gasteiger partial charge in [0, 0.05) is 23.9 Å². The van der Waals surface area contributed by atoms with Crippen LogP contribution in [-0.2, 0) is 24.7 Å². The Morgan fingerprint density at radius 3 is 2.52 bits per heavy atom. The fraction of sp³-hybridized carbons (Fsp3) is 0.529. The van der Waals surface area contributed by atoms with Crippen LogP contribution in [0.25, 0.3) is 0 Å². The fourth-order valence-corrected chi connectivity index (χ4v) is 2.63. The normalized spacial score (nSPS) is 21.2. The zero-order valence-electron chi connectivity index (χ0n) is 13.9. The molecular formula is C17H22N2O4. The molecule has 1 saturated heterocycles. The molecule has 0 bridgehead atoms. The van der Waals surface area contributed by atoms with Gasteiger partial charge >= 0.3 is 5.97 Å². The van der Waals surface area contributed by atoms with Crippen LogP contribution in [0, 0.1) is 6.92 Å². The molecule has 1 amide bonds. The zero-order valence-corrected chi connectivity index (χ0v) is 13.9. The molecule has 23 heavy (non-hydrogen) atoms. The Labute approximate surface area is 135 Å². The highest BCUT2D eigenvalue weighted by Crippen LogP contribution is 2.33. The van der Waals surface area contributed by atoms with E-state index < -0.39 is 17.1 Å². The van der Waals surface area contributed by atoms with Crippen molar-refractivity contribution >= 4 is 17.7 Å². The van der Waals surface area contributed by atoms with Gasteiger partial charge in [-0.15, -0.1) is 0 Å². The van der Waals surface area contributed by atoms with Crippen LogP contribution in [0.2, 0.25) is 0 Å². The van der Waals surface area contributed by atoms with Crippen LogP contribution in [0.3, 0.4) is 0 Å². The molecule has 0 spiro atoms. The van der Waals surface area contributed by atoms with Gasteiger partial charge in [0.2, 0.25) is 5.91 Å². The molecule has 1 N–H and O–H groups in total. The maximum absolute atomic E-state index is 12.4. The van der Waals surface area contributed by atoms with Gasteiger partial charge in [0.1, 0.15) is 11.1 Å². The van der Waals surface area contributed by atoms with Crippen molar-refractivity contribution in [2.45, 2.75) is 58.1 Å². The monoisotopic (exact) mass is 318 g/mol. The number of amides is 1. The molecule has 1 atom stereocenters. The van der Waals surface area contributed by atoms with Crippen LogP contribution in [-0.4, -0.2) is 28.2 Å². The van der Waals surface area contributed by atoms with Crippen molar-refractivity contribution < 1.29 is 19.1 Å². The van der Waals surface area contributed by atoms with Gasteiger partial charge in [0.15, 0.2) is 5.78 Å². The Bertz CT molecular complexity index is 631. The lowest BCUT2D eigenvalue weighted by molar-refractivity contribution is -0.155. The van der Waals surface area contributed by atoms with Gasteiger partial charge < -0.3 is 10.1 Å². The molecule has 124 valence electrons. The van der Waals surface area contributed by atoms with Gasteiger partial charge in [-0.2, -0.15) is 0 Å². The number of Topliss-reactive ketones (excluding diaryl/α,β-unsaturated/α-hetero) is 1. The van der Waals surface area contributed by atoms with Crippen LogP contribution in [0.4, 0.5) is 0 Å². The van der Waals surface area contributed by atoms with Crippen LogP contribution in [0.5, 0.6) is 0 Å². The van der Waals surface area contributed by atoms with E-state index in [4.69, 9.17) is 4.74 Å². The Morgan fingerprint density at radius 2 is 2.04 bits per heavy atom. The predicted molar refractivity (Wildman–Crippen MR) is 83.5 cm³/mol. The summed E-state index contributed by atoms with van der Waals surface area (Å²) in [6, 6.07) is 3.54. The van der Waals surface area contributed by atoms with E-state index in [-0.39, 0.29) is 31.0 Å². The molecule has 0 aromatic carbocycles. The molecular weight excluding hydrogens is 296 g/mol. The first-order valence-electron chi connectivity index (χ1n) is 7.62. The van der Waals surface area contributed by atoms with E-state index in [1.165, 1.54) is 0 Å². The molecule has 1 unspecified atom stereocenters. The van der Waals surface area contributed by atoms with Gasteiger partial charge in [0.05, 0.1) is 6.42 Å². The number of esters is 1. The van der Waals surface area contributed by atoms with Crippen molar-refractivity contribution in [3.63, 3.8) is 0 Å². The first-order valence-corrected chi connectivity index (χ1v) is 7.62. The summed E-state index contributed by atoms with van der Waals surface area (Å²) in [7, 11) is 0. The molecule has 2 heterocycles. The van der Waals surface area contributed by atoms with Crippen molar-refractivity contribution in [1.82, 2.24) is 10.3 Å². The number of aryl methyl sites for hydroxylation is 1. The third-order valence-corrected chi connectivity index (χ3v) is 3.68. The van der Waals surface area contributed by atoms with Crippen molar-refractivity contribution in [1.29, 1.82) is 0 Å². The number of ether oxygens (including phenoxy) is 1. The molecule has 1 aliphatic heterocycles. The lowest BCUT2D eigenvalue weighted by Gasteiger charge is -2.28. The molecule has 6 nitrogen and oxygen atoms in total. The van der Waals surface area contributed by atoms with E-state index in [2.05, 4.69) is 10.3 Å². The van der Waals surface area contributed by atoms with E-state index >= 15 is 0 Å². The van der Waals surface area contributed by atoms with E-state index in [9.17, 15) is 14.4 Å². The predicted octanol–water partition coefficient (Wildman–Crippen LogP) is 1.80. The van der Waals surface area contributed by atoms with Gasteiger partial charge in [-0.05, 0) is 40.2 Å². The summed E-state index contributed by atoms with van der Waals surface area (Å²) in [5, 5.41) is 2.73. The lowest BCUT2D eigenvalue weighted by Crippen LogP contribution is -2.44. The third kappa shape index (κ3) is 3.94. The number of hydrogen-bond donors (Lipinski definition) is 1. The minimum atomic E-state index is -1.19. The van der Waals surface area contributed by atoms with E-state index in [1.807, 2.05) is 6.92 Å². The molecule has 1 aromatic heterocycles. The van der Waals surface area contributed by atoms with Crippen LogP contribution in [0.1, 0.15) is 51.3 Å². The number of hydrogen-bond acceptors (Lipinski definition) is 5. The summed E-state index contributed by atoms with van der Waals surface area (Å²) in [5.74, 6) is -0.970. The van der Waals surface area contributed by atoms with E-state index in [1.54, 1.807) is 39.1 Å². The summed E-state index contributed by atoms with van der Waals surface area (Å²) in [6.07, 6.45) is 1.60. The van der Waals surface area contributed by atoms with Crippen molar-refractivity contribution in [2.24, 2.45) is 0 Å². The maximum atomic E-state index is 12.4. The largest absolute Gasteiger partial charge is 0.460 e. The van der Waals surface area contributed by atoms with Crippen LogP contribution >= 0.6 is 0 Å². The molecule has 1 aliphatic rings. The minimum Gasteiger partial charge on any atom is -0.460 e. The van der Waals surface area contributed by atoms with Crippen molar-refractivity contribution in [3.8, 4) is 0 Å². The number of rotatable bonds is 4. The smallest absolute Gasteiger partial charge is 0.306 e. The average molecular weight is 318 g/mol.